The molecule has 7 nitrogen and oxygen atoms in total. The molecule has 0 aliphatic carbocycles. The Kier molecular flexibility index (Phi) is 10.1. The molecule has 3 aromatic carbocycles. The van der Waals surface area contributed by atoms with Gasteiger partial charge in [-0.1, -0.05) is 31.2 Å². The highest BCUT2D eigenvalue weighted by atomic mass is 32.1. The largest absolute Gasteiger partial charge is 0.507 e. The molecule has 0 unspecified atom stereocenters. The van der Waals surface area contributed by atoms with Crippen LogP contribution in [0.2, 0.25) is 0 Å². The first-order chi connectivity index (χ1) is 18.1. The standard InChI is InChI=1S/C28H32F2N4O3S/c1-3-17-5-4-6-18(9-17)15-34(16-26(36)24(31)12-19-10-20(29)13-21(30)11-19)27(37)23-8-7-22(14-25(23)35)33-28(38)32-2/h4-11,13-14,24,26,35-36H,3,12,15-16,31H2,1-2H3,(H2,32,33,38)/t24-,26+/m0/s1. The predicted octanol–water partition coefficient (Wildman–Crippen LogP) is 3.72. The lowest BCUT2D eigenvalue weighted by Gasteiger charge is -2.29. The first-order valence-electron chi connectivity index (χ1n) is 12.2. The maximum Gasteiger partial charge on any atom is 0.258 e. The topological polar surface area (TPSA) is 111 Å². The van der Waals surface area contributed by atoms with Crippen molar-refractivity contribution >= 4 is 28.9 Å². The summed E-state index contributed by atoms with van der Waals surface area (Å²) in [6.45, 7) is 2.00. The summed E-state index contributed by atoms with van der Waals surface area (Å²) in [6.07, 6.45) is -0.403. The van der Waals surface area contributed by atoms with Crippen molar-refractivity contribution in [2.75, 3.05) is 18.9 Å². The molecule has 2 atom stereocenters. The highest BCUT2D eigenvalue weighted by Gasteiger charge is 2.25. The number of nitrogens with two attached hydrogens (primary N) is 1. The maximum absolute atomic E-state index is 13.6. The van der Waals surface area contributed by atoms with Gasteiger partial charge in [0.05, 0.1) is 11.7 Å². The molecule has 0 aromatic heterocycles. The van der Waals surface area contributed by atoms with Gasteiger partial charge in [-0.15, -0.1) is 0 Å². The second-order valence-electron chi connectivity index (χ2n) is 9.01. The van der Waals surface area contributed by atoms with Gasteiger partial charge in [0, 0.05) is 44.0 Å². The average molecular weight is 543 g/mol. The van der Waals surface area contributed by atoms with Crippen LogP contribution in [0.1, 0.15) is 34.0 Å². The first-order valence-corrected chi connectivity index (χ1v) is 12.6. The maximum atomic E-state index is 13.6. The smallest absolute Gasteiger partial charge is 0.258 e. The fourth-order valence-corrected chi connectivity index (χ4v) is 4.16. The van der Waals surface area contributed by atoms with E-state index in [1.807, 2.05) is 31.2 Å². The molecule has 0 saturated heterocycles. The minimum Gasteiger partial charge on any atom is -0.507 e. The van der Waals surface area contributed by atoms with E-state index < -0.39 is 29.7 Å². The lowest BCUT2D eigenvalue weighted by Crippen LogP contribution is -2.46. The number of benzene rings is 3. The van der Waals surface area contributed by atoms with E-state index in [0.29, 0.717) is 16.4 Å². The van der Waals surface area contributed by atoms with Crippen LogP contribution in [0, 0.1) is 11.6 Å². The van der Waals surface area contributed by atoms with Crippen molar-refractivity contribution in [3.8, 4) is 5.75 Å². The van der Waals surface area contributed by atoms with Crippen LogP contribution in [-0.4, -0.2) is 51.9 Å². The molecular weight excluding hydrogens is 510 g/mol. The quantitative estimate of drug-likeness (QED) is 0.248. The summed E-state index contributed by atoms with van der Waals surface area (Å²) in [7, 11) is 1.65. The number of aliphatic hydroxyl groups is 1. The van der Waals surface area contributed by atoms with Crippen LogP contribution < -0.4 is 16.4 Å². The summed E-state index contributed by atoms with van der Waals surface area (Å²) < 4.78 is 27.2. The number of hydrogen-bond acceptors (Lipinski definition) is 5. The highest BCUT2D eigenvalue weighted by molar-refractivity contribution is 7.80. The molecule has 0 bridgehead atoms. The Morgan fingerprint density at radius 2 is 1.74 bits per heavy atom. The highest BCUT2D eigenvalue weighted by Crippen LogP contribution is 2.25. The van der Waals surface area contributed by atoms with Gasteiger partial charge in [-0.25, -0.2) is 8.78 Å². The van der Waals surface area contributed by atoms with Crippen molar-refractivity contribution < 1.29 is 23.8 Å². The summed E-state index contributed by atoms with van der Waals surface area (Å²) >= 11 is 5.07. The van der Waals surface area contributed by atoms with E-state index in [0.717, 1.165) is 35.7 Å². The van der Waals surface area contributed by atoms with Crippen molar-refractivity contribution in [1.82, 2.24) is 10.2 Å². The van der Waals surface area contributed by atoms with E-state index >= 15 is 0 Å². The molecule has 0 radical (unpaired) electrons. The van der Waals surface area contributed by atoms with Gasteiger partial charge in [0.1, 0.15) is 17.4 Å². The van der Waals surface area contributed by atoms with E-state index in [1.165, 1.54) is 17.0 Å². The molecule has 0 fully saturated rings. The van der Waals surface area contributed by atoms with Gasteiger partial charge < -0.3 is 31.5 Å². The fourth-order valence-electron chi connectivity index (χ4n) is 4.04. The fraction of sp³-hybridized carbons (Fsp3) is 0.286. The Morgan fingerprint density at radius 1 is 1.05 bits per heavy atom. The number of nitrogens with one attached hydrogen (secondary N) is 2. The normalized spacial score (nSPS) is 12.5. The number of hydrogen-bond donors (Lipinski definition) is 5. The summed E-state index contributed by atoms with van der Waals surface area (Å²) in [5.74, 6) is -2.26. The van der Waals surface area contributed by atoms with Gasteiger partial charge in [0.15, 0.2) is 5.11 Å². The van der Waals surface area contributed by atoms with E-state index in [-0.39, 0.29) is 30.8 Å². The molecule has 1 amide bonds. The van der Waals surface area contributed by atoms with Crippen molar-refractivity contribution in [1.29, 1.82) is 0 Å². The number of amides is 1. The summed E-state index contributed by atoms with van der Waals surface area (Å²) in [5, 5.41) is 27.5. The Morgan fingerprint density at radius 3 is 2.37 bits per heavy atom. The number of aromatic hydroxyl groups is 1. The van der Waals surface area contributed by atoms with Crippen LogP contribution in [0.4, 0.5) is 14.5 Å². The summed E-state index contributed by atoms with van der Waals surface area (Å²) in [6, 6.07) is 14.3. The van der Waals surface area contributed by atoms with Gasteiger partial charge in [-0.05, 0) is 66.0 Å². The zero-order chi connectivity index (χ0) is 27.8. The molecule has 0 aliphatic heterocycles. The monoisotopic (exact) mass is 542 g/mol. The number of nitrogens with zero attached hydrogens (tertiary/aromatic N) is 1. The third kappa shape index (κ3) is 7.95. The minimum absolute atomic E-state index is 0.000186. The molecule has 3 rings (SSSR count). The Balaban J connectivity index is 1.84. The Bertz CT molecular complexity index is 1270. The van der Waals surface area contributed by atoms with E-state index in [2.05, 4.69) is 10.6 Å². The molecule has 6 N–H and O–H groups in total. The Hall–Kier alpha value is -3.60. The zero-order valence-corrected chi connectivity index (χ0v) is 22.1. The van der Waals surface area contributed by atoms with Gasteiger partial charge in [-0.3, -0.25) is 4.79 Å². The molecule has 3 aromatic rings. The zero-order valence-electron chi connectivity index (χ0n) is 21.2. The van der Waals surface area contributed by atoms with Crippen LogP contribution in [0.25, 0.3) is 0 Å². The molecule has 0 heterocycles. The lowest BCUT2D eigenvalue weighted by molar-refractivity contribution is 0.0552. The Labute approximate surface area is 226 Å². The molecule has 0 aliphatic rings. The summed E-state index contributed by atoms with van der Waals surface area (Å²) in [5.41, 5.74) is 8.91. The lowest BCUT2D eigenvalue weighted by atomic mass is 10.0. The second kappa shape index (κ2) is 13.3. The molecule has 0 spiro atoms. The number of phenolic OH excluding ortho intramolecular Hbond substituents is 1. The van der Waals surface area contributed by atoms with Gasteiger partial charge in [0.2, 0.25) is 0 Å². The number of carbonyl (C=O) groups excluding carboxylic acids is 1. The third-order valence-corrected chi connectivity index (χ3v) is 6.37. The van der Waals surface area contributed by atoms with Gasteiger partial charge in [-0.2, -0.15) is 0 Å². The molecule has 202 valence electrons. The van der Waals surface area contributed by atoms with Gasteiger partial charge in [0.25, 0.3) is 5.91 Å². The van der Waals surface area contributed by atoms with E-state index in [1.54, 1.807) is 13.1 Å². The molecule has 0 saturated carbocycles. The molecular formula is C28H32F2N4O3S. The van der Waals surface area contributed by atoms with Crippen molar-refractivity contribution in [2.45, 2.75) is 38.5 Å². The SMILES string of the molecule is CCc1cccc(CN(C[C@@H](O)[C@@H](N)Cc2cc(F)cc(F)c2)C(=O)c2ccc(NC(=S)NC)cc2O)c1. The van der Waals surface area contributed by atoms with Crippen LogP contribution in [0.5, 0.6) is 5.75 Å². The molecule has 10 heteroatoms. The van der Waals surface area contributed by atoms with Gasteiger partial charge >= 0.3 is 0 Å². The van der Waals surface area contributed by atoms with Crippen molar-refractivity contribution in [2.24, 2.45) is 5.73 Å². The number of rotatable bonds is 10. The predicted molar refractivity (Wildman–Crippen MR) is 148 cm³/mol. The number of carbonyl (C=O) groups is 1. The van der Waals surface area contributed by atoms with Crippen LogP contribution in [0.15, 0.2) is 60.7 Å². The number of aryl methyl sites for hydroxylation is 1. The number of aliphatic hydroxyl groups excluding tert-OH is 1. The van der Waals surface area contributed by atoms with Crippen molar-refractivity contribution in [3.63, 3.8) is 0 Å². The summed E-state index contributed by atoms with van der Waals surface area (Å²) in [4.78, 5) is 15.0. The number of thiocarbonyl (C=S) groups is 1. The van der Waals surface area contributed by atoms with Crippen LogP contribution in [0.3, 0.4) is 0 Å². The van der Waals surface area contributed by atoms with Crippen LogP contribution >= 0.6 is 12.2 Å². The number of anilines is 1. The molecule has 38 heavy (non-hydrogen) atoms. The third-order valence-electron chi connectivity index (χ3n) is 6.07. The first kappa shape index (κ1) is 29.0. The number of phenols is 1. The van der Waals surface area contributed by atoms with Crippen LogP contribution in [-0.2, 0) is 19.4 Å². The van der Waals surface area contributed by atoms with Crippen molar-refractivity contribution in [3.05, 3.63) is 94.6 Å². The number of halogens is 2. The van der Waals surface area contributed by atoms with E-state index in [9.17, 15) is 23.8 Å². The second-order valence-corrected chi connectivity index (χ2v) is 9.42. The van der Waals surface area contributed by atoms with E-state index in [4.69, 9.17) is 18.0 Å². The average Bonchev–Trinajstić information content (AvgIpc) is 2.87. The minimum atomic E-state index is -1.21.